The van der Waals surface area contributed by atoms with E-state index in [1.54, 1.807) is 6.20 Å². The van der Waals surface area contributed by atoms with Gasteiger partial charge in [0, 0.05) is 25.0 Å². The molecule has 0 spiro atoms. The van der Waals surface area contributed by atoms with Gasteiger partial charge in [0.2, 0.25) is 0 Å². The normalized spacial score (nSPS) is 21.5. The van der Waals surface area contributed by atoms with E-state index in [0.717, 1.165) is 44.7 Å². The second kappa shape index (κ2) is 5.83. The summed E-state index contributed by atoms with van der Waals surface area (Å²) in [4.78, 5) is 4.27. The molecular weight excluding hydrogens is 188 g/mol. The van der Waals surface area contributed by atoms with Crippen LogP contribution < -0.4 is 5.32 Å². The summed E-state index contributed by atoms with van der Waals surface area (Å²) >= 11 is 0. The van der Waals surface area contributed by atoms with Crippen molar-refractivity contribution in [1.82, 2.24) is 10.3 Å². The summed E-state index contributed by atoms with van der Waals surface area (Å²) in [5.74, 6) is 0. The lowest BCUT2D eigenvalue weighted by Crippen LogP contribution is -2.38. The van der Waals surface area contributed by atoms with Crippen LogP contribution in [0, 0.1) is 6.07 Å². The van der Waals surface area contributed by atoms with Crippen LogP contribution in [0.5, 0.6) is 0 Å². The molecule has 81 valence electrons. The van der Waals surface area contributed by atoms with Crippen molar-refractivity contribution >= 4 is 0 Å². The molecule has 2 heterocycles. The van der Waals surface area contributed by atoms with Crippen molar-refractivity contribution < 1.29 is 4.74 Å². The predicted molar refractivity (Wildman–Crippen MR) is 58.6 cm³/mol. The Balaban J connectivity index is 1.66. The highest BCUT2D eigenvalue weighted by Gasteiger charge is 2.12. The van der Waals surface area contributed by atoms with E-state index in [2.05, 4.69) is 16.4 Å². The number of ether oxygens (including phenoxy) is 1. The summed E-state index contributed by atoms with van der Waals surface area (Å²) in [5, 5.41) is 3.34. The number of hydrogen-bond donors (Lipinski definition) is 1. The zero-order valence-electron chi connectivity index (χ0n) is 8.91. The average Bonchev–Trinajstić information content (AvgIpc) is 2.32. The molecule has 15 heavy (non-hydrogen) atoms. The summed E-state index contributed by atoms with van der Waals surface area (Å²) in [6.07, 6.45) is 5.47. The van der Waals surface area contributed by atoms with E-state index in [1.165, 1.54) is 0 Å². The molecule has 1 unspecified atom stereocenters. The highest BCUT2D eigenvalue weighted by molar-refractivity contribution is 5.01. The second-order valence-corrected chi connectivity index (χ2v) is 3.84. The Labute approximate surface area is 90.9 Å². The monoisotopic (exact) mass is 205 g/mol. The van der Waals surface area contributed by atoms with Crippen molar-refractivity contribution in [2.75, 3.05) is 19.7 Å². The number of morpholine rings is 1. The molecule has 1 aliphatic rings. The minimum atomic E-state index is 0.395. The Morgan fingerprint density at radius 2 is 2.60 bits per heavy atom. The molecule has 1 aliphatic heterocycles. The first kappa shape index (κ1) is 10.6. The summed E-state index contributed by atoms with van der Waals surface area (Å²) < 4.78 is 5.63. The first-order valence-corrected chi connectivity index (χ1v) is 5.58. The third-order valence-electron chi connectivity index (χ3n) is 2.62. The largest absolute Gasteiger partial charge is 0.376 e. The van der Waals surface area contributed by atoms with Crippen LogP contribution in [-0.4, -0.2) is 30.8 Å². The molecule has 1 N–H and O–H groups in total. The van der Waals surface area contributed by atoms with Gasteiger partial charge >= 0.3 is 0 Å². The standard InChI is InChI=1S/C12H17N2O/c1-2-7-14-11(4-1)5-3-6-12-10-13-8-9-15-12/h2,4,7,12-13H,3,5-6,8-10H2. The maximum Gasteiger partial charge on any atom is 0.0700 e. The van der Waals surface area contributed by atoms with E-state index < -0.39 is 0 Å². The van der Waals surface area contributed by atoms with Crippen LogP contribution in [0.2, 0.25) is 0 Å². The van der Waals surface area contributed by atoms with Crippen molar-refractivity contribution in [3.63, 3.8) is 0 Å². The number of nitrogens with one attached hydrogen (secondary N) is 1. The minimum absolute atomic E-state index is 0.395. The smallest absolute Gasteiger partial charge is 0.0700 e. The first-order chi connectivity index (χ1) is 7.45. The fourth-order valence-corrected chi connectivity index (χ4v) is 1.81. The maximum atomic E-state index is 5.63. The Bertz CT molecular complexity index is 270. The lowest BCUT2D eigenvalue weighted by atomic mass is 10.1. The van der Waals surface area contributed by atoms with Gasteiger partial charge in [-0.1, -0.05) is 0 Å². The van der Waals surface area contributed by atoms with E-state index in [9.17, 15) is 0 Å². The first-order valence-electron chi connectivity index (χ1n) is 5.58. The average molecular weight is 205 g/mol. The number of rotatable bonds is 4. The molecule has 0 bridgehead atoms. The van der Waals surface area contributed by atoms with E-state index in [4.69, 9.17) is 4.74 Å². The zero-order valence-corrected chi connectivity index (χ0v) is 8.91. The molecule has 3 nitrogen and oxygen atoms in total. The van der Waals surface area contributed by atoms with Crippen molar-refractivity contribution in [3.8, 4) is 0 Å². The SMILES string of the molecule is [c]1ccnc(CCCC2CNCCO2)c1. The molecule has 1 fully saturated rings. The highest BCUT2D eigenvalue weighted by Crippen LogP contribution is 2.07. The van der Waals surface area contributed by atoms with Crippen LogP contribution in [0.25, 0.3) is 0 Å². The molecule has 2 rings (SSSR count). The summed E-state index contributed by atoms with van der Waals surface area (Å²) in [5.41, 5.74) is 1.13. The van der Waals surface area contributed by atoms with Gasteiger partial charge in [-0.25, -0.2) is 0 Å². The lowest BCUT2D eigenvalue weighted by Gasteiger charge is -2.23. The summed E-state index contributed by atoms with van der Waals surface area (Å²) in [6.45, 7) is 2.84. The molecule has 1 saturated heterocycles. The quantitative estimate of drug-likeness (QED) is 0.802. The van der Waals surface area contributed by atoms with E-state index in [1.807, 2.05) is 12.1 Å². The molecule has 0 saturated carbocycles. The number of nitrogens with zero attached hydrogens (tertiary/aromatic N) is 1. The van der Waals surface area contributed by atoms with E-state index in [-0.39, 0.29) is 0 Å². The van der Waals surface area contributed by atoms with Gasteiger partial charge in [-0.15, -0.1) is 0 Å². The Morgan fingerprint density at radius 1 is 1.60 bits per heavy atom. The van der Waals surface area contributed by atoms with Crippen LogP contribution in [0.1, 0.15) is 18.5 Å². The van der Waals surface area contributed by atoms with Crippen molar-refractivity contribution in [3.05, 3.63) is 30.1 Å². The van der Waals surface area contributed by atoms with Gasteiger partial charge in [-0.2, -0.15) is 0 Å². The number of pyridine rings is 1. The summed E-state index contributed by atoms with van der Waals surface area (Å²) in [7, 11) is 0. The van der Waals surface area contributed by atoms with Crippen LogP contribution in [0.3, 0.4) is 0 Å². The second-order valence-electron chi connectivity index (χ2n) is 3.84. The predicted octanol–water partition coefficient (Wildman–Crippen LogP) is 1.19. The molecule has 1 aromatic heterocycles. The molecule has 3 heteroatoms. The minimum Gasteiger partial charge on any atom is -0.376 e. The van der Waals surface area contributed by atoms with Gasteiger partial charge in [-0.3, -0.25) is 4.98 Å². The van der Waals surface area contributed by atoms with Gasteiger partial charge in [0.05, 0.1) is 12.7 Å². The van der Waals surface area contributed by atoms with E-state index in [0.29, 0.717) is 6.10 Å². The van der Waals surface area contributed by atoms with Crippen LogP contribution in [0.4, 0.5) is 0 Å². The Kier molecular flexibility index (Phi) is 4.11. The fraction of sp³-hybridized carbons (Fsp3) is 0.583. The molecule has 0 aromatic carbocycles. The van der Waals surface area contributed by atoms with Crippen molar-refractivity contribution in [1.29, 1.82) is 0 Å². The maximum absolute atomic E-state index is 5.63. The highest BCUT2D eigenvalue weighted by atomic mass is 16.5. The van der Waals surface area contributed by atoms with Crippen LogP contribution in [-0.2, 0) is 11.2 Å². The number of aromatic nitrogens is 1. The van der Waals surface area contributed by atoms with Gasteiger partial charge in [0.25, 0.3) is 0 Å². The Hall–Kier alpha value is -0.930. The van der Waals surface area contributed by atoms with Gasteiger partial charge in [-0.05, 0) is 37.5 Å². The molecule has 0 aliphatic carbocycles. The molecule has 0 amide bonds. The molecule has 1 atom stereocenters. The van der Waals surface area contributed by atoms with Gasteiger partial charge < -0.3 is 10.1 Å². The third-order valence-corrected chi connectivity index (χ3v) is 2.62. The van der Waals surface area contributed by atoms with E-state index >= 15 is 0 Å². The summed E-state index contributed by atoms with van der Waals surface area (Å²) in [6, 6.07) is 6.83. The fourth-order valence-electron chi connectivity index (χ4n) is 1.81. The van der Waals surface area contributed by atoms with Crippen molar-refractivity contribution in [2.45, 2.75) is 25.4 Å². The molecule has 1 aromatic rings. The number of aryl methyl sites for hydroxylation is 1. The number of hydrogen-bond acceptors (Lipinski definition) is 3. The van der Waals surface area contributed by atoms with Crippen molar-refractivity contribution in [2.24, 2.45) is 0 Å². The molecule has 1 radical (unpaired) electrons. The van der Waals surface area contributed by atoms with Gasteiger partial charge in [0.1, 0.15) is 0 Å². The topological polar surface area (TPSA) is 34.2 Å². The third kappa shape index (κ3) is 3.61. The van der Waals surface area contributed by atoms with Crippen LogP contribution in [0.15, 0.2) is 18.3 Å². The van der Waals surface area contributed by atoms with Gasteiger partial charge in [0.15, 0.2) is 0 Å². The Morgan fingerprint density at radius 3 is 3.33 bits per heavy atom. The zero-order chi connectivity index (χ0) is 10.3. The van der Waals surface area contributed by atoms with Crippen LogP contribution >= 0.6 is 0 Å². The lowest BCUT2D eigenvalue weighted by molar-refractivity contribution is 0.0225. The molecular formula is C12H17N2O.